The van der Waals surface area contributed by atoms with Crippen molar-refractivity contribution in [3.8, 4) is 0 Å². The van der Waals surface area contributed by atoms with Crippen molar-refractivity contribution in [1.82, 2.24) is 0 Å². The van der Waals surface area contributed by atoms with E-state index in [1.165, 1.54) is 24.3 Å². The fourth-order valence-corrected chi connectivity index (χ4v) is 4.42. The van der Waals surface area contributed by atoms with Gasteiger partial charge >= 0.3 is 0 Å². The van der Waals surface area contributed by atoms with Crippen LogP contribution in [-0.2, 0) is 32.1 Å². The van der Waals surface area contributed by atoms with E-state index in [1.54, 1.807) is 24.3 Å². The summed E-state index contributed by atoms with van der Waals surface area (Å²) in [5.74, 6) is -1.81. The molecule has 5 heteroatoms. The molecule has 0 saturated heterocycles. The van der Waals surface area contributed by atoms with E-state index < -0.39 is 17.5 Å². The van der Waals surface area contributed by atoms with Crippen molar-refractivity contribution in [2.24, 2.45) is 0 Å². The van der Waals surface area contributed by atoms with Crippen LogP contribution in [0.25, 0.3) is 10.8 Å². The fourth-order valence-electron chi connectivity index (χ4n) is 4.31. The lowest BCUT2D eigenvalue weighted by molar-refractivity contribution is 0.551. The minimum absolute atomic E-state index is 0.0652. The molecular weight excluding hydrogens is 460 g/mol. The molecule has 0 aliphatic heterocycles. The third kappa shape index (κ3) is 5.44. The summed E-state index contributed by atoms with van der Waals surface area (Å²) in [4.78, 5) is 0. The summed E-state index contributed by atoms with van der Waals surface area (Å²) < 4.78 is 57.6. The Bertz CT molecular complexity index is 1310. The molecule has 0 radical (unpaired) electrons. The molecular formula is C29H25ClF4. The molecule has 4 aromatic carbocycles. The third-order valence-electron chi connectivity index (χ3n) is 6.17. The van der Waals surface area contributed by atoms with Crippen LogP contribution in [0.1, 0.15) is 41.2 Å². The first-order valence-electron chi connectivity index (χ1n) is 11.5. The highest BCUT2D eigenvalue weighted by Crippen LogP contribution is 2.26. The number of hydrogen-bond donors (Lipinski definition) is 0. The molecule has 0 unspecified atom stereocenters. The van der Waals surface area contributed by atoms with Crippen molar-refractivity contribution in [3.05, 3.63) is 117 Å². The van der Waals surface area contributed by atoms with Crippen LogP contribution in [0.4, 0.5) is 17.6 Å². The molecule has 4 rings (SSSR count). The summed E-state index contributed by atoms with van der Waals surface area (Å²) in [6.45, 7) is 1.97. The molecule has 0 atom stereocenters. The average Bonchev–Trinajstić information content (AvgIpc) is 2.80. The van der Waals surface area contributed by atoms with Gasteiger partial charge in [0.1, 0.15) is 23.3 Å². The van der Waals surface area contributed by atoms with Crippen LogP contribution in [0.5, 0.6) is 0 Å². The number of halogens is 5. The van der Waals surface area contributed by atoms with Crippen molar-refractivity contribution in [2.75, 3.05) is 0 Å². The van der Waals surface area contributed by atoms with E-state index >= 15 is 4.39 Å². The molecule has 0 bridgehead atoms. The molecule has 0 saturated carbocycles. The Hall–Kier alpha value is -2.85. The van der Waals surface area contributed by atoms with Crippen molar-refractivity contribution >= 4 is 22.4 Å². The number of rotatable bonds is 8. The number of fused-ring (bicyclic) bond motifs is 1. The van der Waals surface area contributed by atoms with Gasteiger partial charge in [-0.15, -0.1) is 0 Å². The van der Waals surface area contributed by atoms with E-state index in [4.69, 9.17) is 11.6 Å². The smallest absolute Gasteiger partial charge is 0.142 e. The van der Waals surface area contributed by atoms with E-state index in [2.05, 4.69) is 0 Å². The van der Waals surface area contributed by atoms with Crippen LogP contribution >= 0.6 is 11.6 Å². The largest absolute Gasteiger partial charge is 0.207 e. The van der Waals surface area contributed by atoms with Crippen LogP contribution in [0.2, 0.25) is 5.02 Å². The lowest BCUT2D eigenvalue weighted by Gasteiger charge is -2.10. The minimum Gasteiger partial charge on any atom is -0.207 e. The maximum absolute atomic E-state index is 15.1. The maximum Gasteiger partial charge on any atom is 0.142 e. The first kappa shape index (κ1) is 24.3. The molecule has 0 nitrogen and oxygen atoms in total. The Labute approximate surface area is 202 Å². The Morgan fingerprint density at radius 1 is 0.618 bits per heavy atom. The molecule has 34 heavy (non-hydrogen) atoms. The molecule has 176 valence electrons. The topological polar surface area (TPSA) is 0 Å². The first-order valence-corrected chi connectivity index (χ1v) is 11.8. The zero-order valence-electron chi connectivity index (χ0n) is 18.9. The summed E-state index contributed by atoms with van der Waals surface area (Å²) >= 11 is 5.72. The molecule has 0 N–H and O–H groups in total. The average molecular weight is 485 g/mol. The van der Waals surface area contributed by atoms with Crippen molar-refractivity contribution in [2.45, 2.75) is 45.4 Å². The fraction of sp³-hybridized carbons (Fsp3) is 0.241. The lowest BCUT2D eigenvalue weighted by atomic mass is 9.96. The Balaban J connectivity index is 1.48. The highest BCUT2D eigenvalue weighted by Gasteiger charge is 2.13. The highest BCUT2D eigenvalue weighted by molar-refractivity contribution is 6.30. The molecule has 0 aliphatic rings. The maximum atomic E-state index is 15.1. The van der Waals surface area contributed by atoms with E-state index in [0.717, 1.165) is 22.9 Å². The van der Waals surface area contributed by atoms with Gasteiger partial charge in [0.2, 0.25) is 0 Å². The van der Waals surface area contributed by atoms with E-state index in [-0.39, 0.29) is 22.8 Å². The minimum atomic E-state index is -0.513. The standard InChI is InChI=1S/C29H25ClF4/c1-2-3-20-16-26(31)24(27(32)17-20)12-6-18-5-11-23-22(14-18)10-9-21(29(23)34)8-4-19-7-13-25(30)28(33)15-19/h5,7,9-11,13-17H,2-4,6,8,12H2,1H3. The van der Waals surface area contributed by atoms with Gasteiger partial charge in [-0.25, -0.2) is 17.6 Å². The predicted octanol–water partition coefficient (Wildman–Crippen LogP) is 8.57. The third-order valence-corrected chi connectivity index (χ3v) is 6.48. The second-order valence-electron chi connectivity index (χ2n) is 8.63. The van der Waals surface area contributed by atoms with Crippen LogP contribution in [0.3, 0.4) is 0 Å². The molecule has 0 fully saturated rings. The second-order valence-corrected chi connectivity index (χ2v) is 9.04. The van der Waals surface area contributed by atoms with Gasteiger partial charge in [-0.3, -0.25) is 0 Å². The Morgan fingerprint density at radius 3 is 1.97 bits per heavy atom. The van der Waals surface area contributed by atoms with Crippen molar-refractivity contribution < 1.29 is 17.6 Å². The molecule has 0 spiro atoms. The molecule has 4 aromatic rings. The van der Waals surface area contributed by atoms with Crippen molar-refractivity contribution in [3.63, 3.8) is 0 Å². The first-order chi connectivity index (χ1) is 16.4. The predicted molar refractivity (Wildman–Crippen MR) is 130 cm³/mol. The summed E-state index contributed by atoms with van der Waals surface area (Å²) in [6.07, 6.45) is 3.06. The molecule has 0 heterocycles. The van der Waals surface area contributed by atoms with Gasteiger partial charge in [-0.05, 0) is 84.0 Å². The monoisotopic (exact) mass is 484 g/mol. The lowest BCUT2D eigenvalue weighted by Crippen LogP contribution is -2.01. The molecule has 0 amide bonds. The Kier molecular flexibility index (Phi) is 7.57. The summed E-state index contributed by atoms with van der Waals surface area (Å²) in [5, 5.41) is 1.29. The van der Waals surface area contributed by atoms with E-state index in [9.17, 15) is 13.2 Å². The van der Waals surface area contributed by atoms with Gasteiger partial charge in [-0.2, -0.15) is 0 Å². The van der Waals surface area contributed by atoms with E-state index in [1.807, 2.05) is 19.1 Å². The van der Waals surface area contributed by atoms with Crippen molar-refractivity contribution in [1.29, 1.82) is 0 Å². The van der Waals surface area contributed by atoms with E-state index in [0.29, 0.717) is 42.2 Å². The van der Waals surface area contributed by atoms with Crippen LogP contribution < -0.4 is 0 Å². The summed E-state index contributed by atoms with van der Waals surface area (Å²) in [5.41, 5.74) is 2.93. The van der Waals surface area contributed by atoms with Gasteiger partial charge in [0.15, 0.2) is 0 Å². The second kappa shape index (κ2) is 10.6. The number of aryl methyl sites for hydroxylation is 4. The zero-order valence-corrected chi connectivity index (χ0v) is 19.7. The Morgan fingerprint density at radius 2 is 1.26 bits per heavy atom. The zero-order chi connectivity index (χ0) is 24.2. The van der Waals surface area contributed by atoms with Gasteiger partial charge < -0.3 is 0 Å². The SMILES string of the molecule is CCCc1cc(F)c(CCc2ccc3c(F)c(CCc4ccc(Cl)c(F)c4)ccc3c2)c(F)c1. The van der Waals surface area contributed by atoms with Gasteiger partial charge in [0.25, 0.3) is 0 Å². The number of benzene rings is 4. The van der Waals surface area contributed by atoms with Crippen LogP contribution in [0, 0.1) is 23.3 Å². The molecule has 0 aliphatic carbocycles. The normalized spacial score (nSPS) is 11.4. The van der Waals surface area contributed by atoms with Crippen LogP contribution in [0.15, 0.2) is 60.7 Å². The van der Waals surface area contributed by atoms with Gasteiger partial charge in [0.05, 0.1) is 5.02 Å². The highest BCUT2D eigenvalue weighted by atomic mass is 35.5. The number of hydrogen-bond acceptors (Lipinski definition) is 0. The molecule has 0 aromatic heterocycles. The van der Waals surface area contributed by atoms with Gasteiger partial charge in [-0.1, -0.05) is 61.3 Å². The quantitative estimate of drug-likeness (QED) is 0.220. The summed E-state index contributed by atoms with van der Waals surface area (Å²) in [7, 11) is 0. The van der Waals surface area contributed by atoms with Gasteiger partial charge in [0, 0.05) is 10.9 Å². The summed E-state index contributed by atoms with van der Waals surface area (Å²) in [6, 6.07) is 16.4. The van der Waals surface area contributed by atoms with Crippen LogP contribution in [-0.4, -0.2) is 0 Å².